The summed E-state index contributed by atoms with van der Waals surface area (Å²) in [5.41, 5.74) is 0. The van der Waals surface area contributed by atoms with Gasteiger partial charge in [-0.25, -0.2) is 0 Å². The predicted molar refractivity (Wildman–Crippen MR) is 55.9 cm³/mol. The van der Waals surface area contributed by atoms with Gasteiger partial charge in [-0.15, -0.1) is 0 Å². The summed E-state index contributed by atoms with van der Waals surface area (Å²) in [6.07, 6.45) is 0.904. The second-order valence-corrected chi connectivity index (χ2v) is 3.67. The van der Waals surface area contributed by atoms with Gasteiger partial charge >= 0.3 is 0 Å². The zero-order valence-corrected chi connectivity index (χ0v) is 9.44. The Kier molecular flexibility index (Phi) is 4.26. The standard InChI is InChI=1S/C10H17N3O3/c1-2-9-12-10(16-13-9)7-14-6-8-5-11-3-4-15-8/h8,11H,2-7H2,1H3. The van der Waals surface area contributed by atoms with Crippen LogP contribution in [0.1, 0.15) is 18.6 Å². The minimum absolute atomic E-state index is 0.127. The second-order valence-electron chi connectivity index (χ2n) is 3.67. The predicted octanol–water partition coefficient (Wildman–Crippen LogP) is 0.137. The molecule has 1 aliphatic rings. The smallest absolute Gasteiger partial charge is 0.252 e. The van der Waals surface area contributed by atoms with Gasteiger partial charge in [-0.1, -0.05) is 12.1 Å². The first-order valence-electron chi connectivity index (χ1n) is 5.60. The van der Waals surface area contributed by atoms with Crippen LogP contribution in [0.3, 0.4) is 0 Å². The lowest BCUT2D eigenvalue weighted by atomic mass is 10.3. The molecule has 1 unspecified atom stereocenters. The van der Waals surface area contributed by atoms with Crippen molar-refractivity contribution in [1.29, 1.82) is 0 Å². The number of morpholine rings is 1. The summed E-state index contributed by atoms with van der Waals surface area (Å²) in [6, 6.07) is 0. The first kappa shape index (κ1) is 11.5. The van der Waals surface area contributed by atoms with Crippen molar-refractivity contribution in [2.24, 2.45) is 0 Å². The Balaban J connectivity index is 1.66. The minimum Gasteiger partial charge on any atom is -0.373 e. The molecule has 1 fully saturated rings. The van der Waals surface area contributed by atoms with Gasteiger partial charge in [0.15, 0.2) is 5.82 Å². The van der Waals surface area contributed by atoms with Crippen molar-refractivity contribution >= 4 is 0 Å². The third-order valence-corrected chi connectivity index (χ3v) is 2.36. The third kappa shape index (κ3) is 3.26. The van der Waals surface area contributed by atoms with Gasteiger partial charge in [-0.2, -0.15) is 4.98 Å². The molecule has 2 rings (SSSR count). The molecule has 6 nitrogen and oxygen atoms in total. The molecular formula is C10H17N3O3. The van der Waals surface area contributed by atoms with Gasteiger partial charge in [0, 0.05) is 19.5 Å². The molecule has 1 saturated heterocycles. The largest absolute Gasteiger partial charge is 0.373 e. The molecule has 1 aliphatic heterocycles. The second kappa shape index (κ2) is 5.93. The first-order valence-corrected chi connectivity index (χ1v) is 5.60. The van der Waals surface area contributed by atoms with E-state index in [0.29, 0.717) is 24.9 Å². The maximum atomic E-state index is 5.49. The molecule has 0 aliphatic carbocycles. The van der Waals surface area contributed by atoms with E-state index in [1.165, 1.54) is 0 Å². The summed E-state index contributed by atoms with van der Waals surface area (Å²) >= 11 is 0. The summed E-state index contributed by atoms with van der Waals surface area (Å²) in [7, 11) is 0. The molecule has 1 N–H and O–H groups in total. The van der Waals surface area contributed by atoms with Crippen molar-refractivity contribution < 1.29 is 14.0 Å². The average Bonchev–Trinajstić information content (AvgIpc) is 2.78. The Morgan fingerprint density at radius 1 is 1.56 bits per heavy atom. The lowest BCUT2D eigenvalue weighted by molar-refractivity contribution is -0.0398. The third-order valence-electron chi connectivity index (χ3n) is 2.36. The molecule has 1 aromatic rings. The summed E-state index contributed by atoms with van der Waals surface area (Å²) in [4.78, 5) is 4.15. The molecule has 0 aromatic carbocycles. The van der Waals surface area contributed by atoms with Crippen LogP contribution in [-0.2, 0) is 22.5 Å². The van der Waals surface area contributed by atoms with Gasteiger partial charge in [0.2, 0.25) is 0 Å². The van der Waals surface area contributed by atoms with Crippen molar-refractivity contribution in [1.82, 2.24) is 15.5 Å². The lowest BCUT2D eigenvalue weighted by Gasteiger charge is -2.22. The monoisotopic (exact) mass is 227 g/mol. The van der Waals surface area contributed by atoms with Gasteiger partial charge in [-0.05, 0) is 0 Å². The summed E-state index contributed by atoms with van der Waals surface area (Å²) in [5.74, 6) is 1.25. The molecule has 1 aromatic heterocycles. The normalized spacial score (nSPS) is 21.2. The van der Waals surface area contributed by atoms with Gasteiger partial charge in [-0.3, -0.25) is 0 Å². The summed E-state index contributed by atoms with van der Waals surface area (Å²) < 4.78 is 15.9. The average molecular weight is 227 g/mol. The van der Waals surface area contributed by atoms with Gasteiger partial charge in [0.1, 0.15) is 6.61 Å². The topological polar surface area (TPSA) is 69.4 Å². The van der Waals surface area contributed by atoms with Crippen molar-refractivity contribution in [2.75, 3.05) is 26.3 Å². The number of aromatic nitrogens is 2. The van der Waals surface area contributed by atoms with Crippen LogP contribution in [0.2, 0.25) is 0 Å². The zero-order chi connectivity index (χ0) is 11.2. The van der Waals surface area contributed by atoms with E-state index in [9.17, 15) is 0 Å². The highest BCUT2D eigenvalue weighted by atomic mass is 16.5. The Bertz CT molecular complexity index is 310. The van der Waals surface area contributed by atoms with Gasteiger partial charge < -0.3 is 19.3 Å². The Hall–Kier alpha value is -0.980. The molecule has 0 saturated carbocycles. The van der Waals surface area contributed by atoms with Gasteiger partial charge in [0.25, 0.3) is 5.89 Å². The molecule has 1 atom stereocenters. The number of aryl methyl sites for hydroxylation is 1. The molecule has 0 bridgehead atoms. The lowest BCUT2D eigenvalue weighted by Crippen LogP contribution is -2.40. The van der Waals surface area contributed by atoms with Crippen LogP contribution in [0.25, 0.3) is 0 Å². The van der Waals surface area contributed by atoms with Gasteiger partial charge in [0.05, 0.1) is 19.3 Å². The number of hydrogen-bond donors (Lipinski definition) is 1. The van der Waals surface area contributed by atoms with Crippen molar-refractivity contribution in [2.45, 2.75) is 26.1 Å². The zero-order valence-electron chi connectivity index (χ0n) is 9.44. The molecular weight excluding hydrogens is 210 g/mol. The van der Waals surface area contributed by atoms with E-state index in [1.807, 2.05) is 6.92 Å². The Morgan fingerprint density at radius 2 is 2.50 bits per heavy atom. The summed E-state index contributed by atoms with van der Waals surface area (Å²) in [6.45, 7) is 5.39. The fourth-order valence-corrected chi connectivity index (χ4v) is 1.50. The minimum atomic E-state index is 0.127. The fraction of sp³-hybridized carbons (Fsp3) is 0.800. The van der Waals surface area contributed by atoms with E-state index in [2.05, 4.69) is 15.5 Å². The van der Waals surface area contributed by atoms with Crippen LogP contribution in [-0.4, -0.2) is 42.5 Å². The molecule has 0 radical (unpaired) electrons. The van der Waals surface area contributed by atoms with Crippen molar-refractivity contribution in [3.8, 4) is 0 Å². The highest BCUT2D eigenvalue weighted by Crippen LogP contribution is 2.02. The number of ether oxygens (including phenoxy) is 2. The fourth-order valence-electron chi connectivity index (χ4n) is 1.50. The van der Waals surface area contributed by atoms with Crippen LogP contribution < -0.4 is 5.32 Å². The van der Waals surface area contributed by atoms with Crippen molar-refractivity contribution in [3.05, 3.63) is 11.7 Å². The van der Waals surface area contributed by atoms with Crippen LogP contribution in [0, 0.1) is 0 Å². The van der Waals surface area contributed by atoms with E-state index >= 15 is 0 Å². The number of nitrogens with zero attached hydrogens (tertiary/aromatic N) is 2. The number of nitrogens with one attached hydrogen (secondary N) is 1. The van der Waals surface area contributed by atoms with E-state index in [0.717, 1.165) is 26.1 Å². The van der Waals surface area contributed by atoms with Crippen LogP contribution in [0.4, 0.5) is 0 Å². The summed E-state index contributed by atoms with van der Waals surface area (Å²) in [5, 5.41) is 7.03. The van der Waals surface area contributed by atoms with E-state index in [4.69, 9.17) is 14.0 Å². The number of hydrogen-bond acceptors (Lipinski definition) is 6. The maximum Gasteiger partial charge on any atom is 0.252 e. The highest BCUT2D eigenvalue weighted by Gasteiger charge is 2.14. The quantitative estimate of drug-likeness (QED) is 0.771. The molecule has 6 heteroatoms. The molecule has 0 amide bonds. The Morgan fingerprint density at radius 3 is 3.19 bits per heavy atom. The van der Waals surface area contributed by atoms with E-state index in [-0.39, 0.29) is 6.10 Å². The van der Waals surface area contributed by atoms with Crippen LogP contribution >= 0.6 is 0 Å². The molecule has 2 heterocycles. The van der Waals surface area contributed by atoms with Crippen molar-refractivity contribution in [3.63, 3.8) is 0 Å². The molecule has 0 spiro atoms. The maximum absolute atomic E-state index is 5.49. The molecule has 16 heavy (non-hydrogen) atoms. The van der Waals surface area contributed by atoms with Crippen LogP contribution in [0.5, 0.6) is 0 Å². The highest BCUT2D eigenvalue weighted by molar-refractivity contribution is 4.83. The van der Waals surface area contributed by atoms with Crippen LogP contribution in [0.15, 0.2) is 4.52 Å². The number of rotatable bonds is 5. The Labute approximate surface area is 94.3 Å². The SMILES string of the molecule is CCc1noc(COCC2CNCCO2)n1. The van der Waals surface area contributed by atoms with E-state index < -0.39 is 0 Å². The first-order chi connectivity index (χ1) is 7.88. The molecule has 90 valence electrons. The van der Waals surface area contributed by atoms with E-state index in [1.54, 1.807) is 0 Å².